The first-order valence-corrected chi connectivity index (χ1v) is 5.28. The van der Waals surface area contributed by atoms with Crippen molar-refractivity contribution >= 4 is 17.7 Å². The molecule has 3 rings (SSSR count). The normalized spacial score (nSPS) is 13.8. The van der Waals surface area contributed by atoms with Gasteiger partial charge in [0.05, 0.1) is 5.69 Å². The van der Waals surface area contributed by atoms with Gasteiger partial charge in [0.25, 0.3) is 0 Å². The van der Waals surface area contributed by atoms with Crippen molar-refractivity contribution in [1.82, 2.24) is 9.97 Å². The molecule has 2 aromatic heterocycles. The number of hydrogen-bond donors (Lipinski definition) is 1. The van der Waals surface area contributed by atoms with E-state index in [-0.39, 0.29) is 0 Å². The molecule has 1 aliphatic rings. The Balaban J connectivity index is 2.23. The minimum Gasteiger partial charge on any atom is -0.355 e. The highest BCUT2D eigenvalue weighted by Gasteiger charge is 2.15. The van der Waals surface area contributed by atoms with Crippen molar-refractivity contribution in [3.8, 4) is 0 Å². The fourth-order valence-electron chi connectivity index (χ4n) is 2.13. The van der Waals surface area contributed by atoms with Gasteiger partial charge in [0.15, 0.2) is 0 Å². The monoisotopic (exact) mass is 208 g/mol. The van der Waals surface area contributed by atoms with Crippen molar-refractivity contribution in [2.45, 2.75) is 6.92 Å². The Morgan fingerprint density at radius 3 is 2.94 bits per heavy atom. The molecular weight excluding hydrogens is 196 g/mol. The van der Waals surface area contributed by atoms with Crippen LogP contribution in [0.5, 0.6) is 0 Å². The van der Waals surface area contributed by atoms with Gasteiger partial charge in [-0.2, -0.15) is 0 Å². The predicted octanol–water partition coefficient (Wildman–Crippen LogP) is 1.44. The van der Waals surface area contributed by atoms with E-state index in [1.807, 2.05) is 24.4 Å². The molecule has 0 unspecified atom stereocenters. The third-order valence-corrected chi connectivity index (χ3v) is 2.86. The smallest absolute Gasteiger partial charge is 0.0708 e. The molecule has 16 heavy (non-hydrogen) atoms. The number of allylic oxidation sites excluding steroid dienone is 1. The number of aromatic amines is 1. The van der Waals surface area contributed by atoms with Crippen LogP contribution in [-0.2, 0) is 0 Å². The SMILES string of the molecule is C=c1cc2c([nH]1)=C(C)C=C2c1ccccn1. The van der Waals surface area contributed by atoms with Gasteiger partial charge in [0.2, 0.25) is 0 Å². The van der Waals surface area contributed by atoms with Gasteiger partial charge >= 0.3 is 0 Å². The van der Waals surface area contributed by atoms with E-state index in [1.54, 1.807) is 0 Å². The van der Waals surface area contributed by atoms with Crippen LogP contribution < -0.4 is 10.7 Å². The second-order valence-corrected chi connectivity index (χ2v) is 4.04. The first kappa shape index (κ1) is 9.16. The minimum atomic E-state index is 0.950. The van der Waals surface area contributed by atoms with Crippen molar-refractivity contribution in [3.05, 3.63) is 58.5 Å². The van der Waals surface area contributed by atoms with E-state index in [4.69, 9.17) is 0 Å². The van der Waals surface area contributed by atoms with Crippen LogP contribution in [0.1, 0.15) is 18.2 Å². The standard InChI is InChI=1S/C14H12N2/c1-9-7-11(13-5-3-4-6-15-13)12-8-10(2)16-14(9)12/h3-8,16H,2H2,1H3. The predicted molar refractivity (Wildman–Crippen MR) is 66.0 cm³/mol. The second kappa shape index (κ2) is 3.20. The Labute approximate surface area is 93.7 Å². The van der Waals surface area contributed by atoms with Crippen LogP contribution in [0.3, 0.4) is 0 Å². The zero-order valence-corrected chi connectivity index (χ0v) is 9.12. The highest BCUT2D eigenvalue weighted by molar-refractivity contribution is 5.89. The van der Waals surface area contributed by atoms with Gasteiger partial charge < -0.3 is 4.98 Å². The molecule has 0 aliphatic heterocycles. The number of rotatable bonds is 1. The number of hydrogen-bond acceptors (Lipinski definition) is 1. The molecule has 0 fully saturated rings. The number of fused-ring (bicyclic) bond motifs is 1. The topological polar surface area (TPSA) is 28.7 Å². The Morgan fingerprint density at radius 2 is 2.19 bits per heavy atom. The summed E-state index contributed by atoms with van der Waals surface area (Å²) in [5.74, 6) is 0. The number of nitrogens with one attached hydrogen (secondary N) is 1. The number of aromatic nitrogens is 2. The van der Waals surface area contributed by atoms with Gasteiger partial charge in [0, 0.05) is 28.0 Å². The quantitative estimate of drug-likeness (QED) is 0.754. The third-order valence-electron chi connectivity index (χ3n) is 2.86. The van der Waals surface area contributed by atoms with Gasteiger partial charge in [-0.25, -0.2) is 0 Å². The largest absolute Gasteiger partial charge is 0.355 e. The van der Waals surface area contributed by atoms with E-state index in [9.17, 15) is 0 Å². The van der Waals surface area contributed by atoms with Gasteiger partial charge in [-0.15, -0.1) is 0 Å². The lowest BCUT2D eigenvalue weighted by atomic mass is 10.1. The molecule has 0 atom stereocenters. The van der Waals surface area contributed by atoms with E-state index < -0.39 is 0 Å². The van der Waals surface area contributed by atoms with Crippen LogP contribution in [0.4, 0.5) is 0 Å². The Hall–Kier alpha value is -2.09. The summed E-state index contributed by atoms with van der Waals surface area (Å²) in [7, 11) is 0. The van der Waals surface area contributed by atoms with Crippen LogP contribution in [0.2, 0.25) is 0 Å². The number of pyridine rings is 1. The molecule has 0 saturated heterocycles. The zero-order chi connectivity index (χ0) is 11.1. The summed E-state index contributed by atoms with van der Waals surface area (Å²) in [6.45, 7) is 6.03. The number of nitrogens with zero attached hydrogens (tertiary/aromatic N) is 1. The van der Waals surface area contributed by atoms with Crippen molar-refractivity contribution in [3.63, 3.8) is 0 Å². The summed E-state index contributed by atoms with van der Waals surface area (Å²) in [5.41, 5.74) is 4.64. The molecule has 1 N–H and O–H groups in total. The first-order chi connectivity index (χ1) is 7.75. The average molecular weight is 208 g/mol. The molecule has 0 spiro atoms. The van der Waals surface area contributed by atoms with E-state index in [2.05, 4.69) is 35.6 Å². The lowest BCUT2D eigenvalue weighted by molar-refractivity contribution is 1.26. The molecule has 2 aromatic rings. The summed E-state index contributed by atoms with van der Waals surface area (Å²) in [6, 6.07) is 8.05. The molecule has 0 amide bonds. The van der Waals surface area contributed by atoms with Crippen LogP contribution in [0.25, 0.3) is 17.7 Å². The molecule has 2 heterocycles. The summed E-state index contributed by atoms with van der Waals surface area (Å²) in [5, 5.41) is 2.12. The maximum Gasteiger partial charge on any atom is 0.0708 e. The van der Waals surface area contributed by atoms with Crippen LogP contribution in [0.15, 0.2) is 36.5 Å². The summed E-state index contributed by atoms with van der Waals surface area (Å²) in [4.78, 5) is 7.67. The highest BCUT2D eigenvalue weighted by atomic mass is 14.7. The Bertz CT molecular complexity index is 675. The molecule has 78 valence electrons. The second-order valence-electron chi connectivity index (χ2n) is 4.04. The Morgan fingerprint density at radius 1 is 1.31 bits per heavy atom. The van der Waals surface area contributed by atoms with Gasteiger partial charge in [-0.05, 0) is 36.8 Å². The van der Waals surface area contributed by atoms with Gasteiger partial charge in [0.1, 0.15) is 0 Å². The maximum absolute atomic E-state index is 4.39. The van der Waals surface area contributed by atoms with Crippen LogP contribution >= 0.6 is 0 Å². The van der Waals surface area contributed by atoms with Crippen molar-refractivity contribution in [2.24, 2.45) is 0 Å². The third kappa shape index (κ3) is 1.23. The van der Waals surface area contributed by atoms with E-state index in [1.165, 1.54) is 22.1 Å². The van der Waals surface area contributed by atoms with E-state index in [0.29, 0.717) is 0 Å². The van der Waals surface area contributed by atoms with Crippen LogP contribution in [-0.4, -0.2) is 9.97 Å². The molecule has 1 aliphatic carbocycles. The maximum atomic E-state index is 4.39. The van der Waals surface area contributed by atoms with Gasteiger partial charge in [-0.1, -0.05) is 12.6 Å². The van der Waals surface area contributed by atoms with E-state index in [0.717, 1.165) is 11.0 Å². The molecule has 0 bridgehead atoms. The number of H-pyrrole nitrogens is 1. The van der Waals surface area contributed by atoms with Gasteiger partial charge in [-0.3, -0.25) is 4.98 Å². The summed E-state index contributed by atoms with van der Waals surface area (Å²) in [6.07, 6.45) is 3.99. The van der Waals surface area contributed by atoms with Crippen LogP contribution in [0, 0.1) is 0 Å². The molecule has 2 heteroatoms. The molecule has 0 saturated carbocycles. The molecule has 2 nitrogen and oxygen atoms in total. The fraction of sp³-hybridized carbons (Fsp3) is 0.0714. The molecule has 0 radical (unpaired) electrons. The minimum absolute atomic E-state index is 0.950. The summed E-state index contributed by atoms with van der Waals surface area (Å²) >= 11 is 0. The zero-order valence-electron chi connectivity index (χ0n) is 9.12. The summed E-state index contributed by atoms with van der Waals surface area (Å²) < 4.78 is 0. The average Bonchev–Trinajstić information content (AvgIpc) is 2.80. The fourth-order valence-corrected chi connectivity index (χ4v) is 2.13. The lowest BCUT2D eigenvalue weighted by Crippen LogP contribution is -2.09. The van der Waals surface area contributed by atoms with Crippen molar-refractivity contribution in [1.29, 1.82) is 0 Å². The Kier molecular flexibility index (Phi) is 1.83. The first-order valence-electron chi connectivity index (χ1n) is 5.28. The highest BCUT2D eigenvalue weighted by Crippen LogP contribution is 2.24. The molecular formula is C14H12N2. The lowest BCUT2D eigenvalue weighted by Gasteiger charge is -2.00. The van der Waals surface area contributed by atoms with E-state index >= 15 is 0 Å². The molecule has 0 aromatic carbocycles. The van der Waals surface area contributed by atoms with Crippen molar-refractivity contribution in [2.75, 3.05) is 0 Å². The van der Waals surface area contributed by atoms with Crippen molar-refractivity contribution < 1.29 is 0 Å².